The molecule has 1 heterocycles. The minimum atomic E-state index is -1.10. The first-order valence-corrected chi connectivity index (χ1v) is 8.95. The van der Waals surface area contributed by atoms with Crippen molar-refractivity contribution in [1.82, 2.24) is 4.90 Å². The number of imide groups is 1. The maximum atomic E-state index is 12.3. The van der Waals surface area contributed by atoms with Crippen molar-refractivity contribution in [1.29, 1.82) is 0 Å². The normalized spacial score (nSPS) is 15.8. The third-order valence-electron chi connectivity index (χ3n) is 3.24. The Kier molecular flexibility index (Phi) is 6.49. The summed E-state index contributed by atoms with van der Waals surface area (Å²) in [5.74, 6) is -0.850. The lowest BCUT2D eigenvalue weighted by atomic mass is 10.2. The van der Waals surface area contributed by atoms with E-state index < -0.39 is 12.6 Å². The zero-order chi connectivity index (χ0) is 18.6. The van der Waals surface area contributed by atoms with E-state index in [0.717, 1.165) is 11.8 Å². The molecule has 1 N–H and O–H groups in total. The van der Waals surface area contributed by atoms with Crippen LogP contribution in [0.25, 0.3) is 6.08 Å². The van der Waals surface area contributed by atoms with Gasteiger partial charge in [-0.2, -0.15) is 0 Å². The van der Waals surface area contributed by atoms with E-state index >= 15 is 0 Å². The summed E-state index contributed by atoms with van der Waals surface area (Å²) in [6, 6.07) is 3.17. The second kappa shape index (κ2) is 8.39. The summed E-state index contributed by atoms with van der Waals surface area (Å²) in [7, 11) is 1.43. The molecule has 0 aromatic heterocycles. The summed E-state index contributed by atoms with van der Waals surface area (Å²) in [6.45, 7) is 1.77. The van der Waals surface area contributed by atoms with Crippen LogP contribution >= 0.6 is 27.7 Å². The number of methoxy groups -OCH3 is 1. The molecule has 1 saturated heterocycles. The Morgan fingerprint density at radius 1 is 1.36 bits per heavy atom. The average Bonchev–Trinajstić information content (AvgIpc) is 2.82. The molecule has 2 rings (SSSR count). The summed E-state index contributed by atoms with van der Waals surface area (Å²) in [5.41, 5.74) is 0.613. The van der Waals surface area contributed by atoms with Gasteiger partial charge in [-0.05, 0) is 42.0 Å². The molecular weight excluding hydrogens is 414 g/mol. The van der Waals surface area contributed by atoms with Crippen molar-refractivity contribution in [2.75, 3.05) is 20.3 Å². The predicted octanol–water partition coefficient (Wildman–Crippen LogP) is 3.37. The lowest BCUT2D eigenvalue weighted by Crippen LogP contribution is -2.28. The molecule has 0 spiro atoms. The van der Waals surface area contributed by atoms with Crippen LogP contribution in [0.5, 0.6) is 11.5 Å². The zero-order valence-electron chi connectivity index (χ0n) is 13.6. The fourth-order valence-electron chi connectivity index (χ4n) is 2.13. The van der Waals surface area contributed by atoms with Gasteiger partial charge in [0.25, 0.3) is 11.1 Å². The average molecular weight is 430 g/mol. The second-order valence-corrected chi connectivity index (χ2v) is 6.89. The van der Waals surface area contributed by atoms with Crippen molar-refractivity contribution in [2.45, 2.75) is 13.3 Å². The molecule has 0 radical (unpaired) electrons. The van der Waals surface area contributed by atoms with Crippen molar-refractivity contribution in [2.24, 2.45) is 0 Å². The summed E-state index contributed by atoms with van der Waals surface area (Å²) < 4.78 is 11.0. The molecule has 2 amide bonds. The Morgan fingerprint density at radius 3 is 2.68 bits per heavy atom. The maximum absolute atomic E-state index is 12.3. The van der Waals surface area contributed by atoms with Gasteiger partial charge < -0.3 is 14.6 Å². The molecule has 0 unspecified atom stereocenters. The molecule has 0 atom stereocenters. The highest BCUT2D eigenvalue weighted by Gasteiger charge is 2.34. The standard InChI is InChI=1S/C16H16BrNO6S/c1-3-4-18-15(21)13(25-16(18)22)6-9-5-11(23-2)12(7-10(9)17)24-8-14(19)20/h5-7H,3-4,8H2,1-2H3,(H,19,20)/b13-6+. The van der Waals surface area contributed by atoms with E-state index in [-0.39, 0.29) is 16.9 Å². The van der Waals surface area contributed by atoms with Gasteiger partial charge in [0.1, 0.15) is 0 Å². The van der Waals surface area contributed by atoms with Gasteiger partial charge >= 0.3 is 5.97 Å². The largest absolute Gasteiger partial charge is 0.493 e. The number of hydrogen-bond acceptors (Lipinski definition) is 6. The van der Waals surface area contributed by atoms with E-state index in [4.69, 9.17) is 14.6 Å². The number of aliphatic carboxylic acids is 1. The topological polar surface area (TPSA) is 93.1 Å². The number of carbonyl (C=O) groups is 3. The van der Waals surface area contributed by atoms with Gasteiger partial charge in [-0.25, -0.2) is 4.79 Å². The molecule has 1 fully saturated rings. The predicted molar refractivity (Wildman–Crippen MR) is 96.8 cm³/mol. The van der Waals surface area contributed by atoms with Crippen molar-refractivity contribution in [3.05, 3.63) is 27.1 Å². The molecule has 1 aliphatic rings. The van der Waals surface area contributed by atoms with Crippen LogP contribution in [0.4, 0.5) is 4.79 Å². The summed E-state index contributed by atoms with van der Waals surface area (Å²) in [4.78, 5) is 36.4. The van der Waals surface area contributed by atoms with Gasteiger partial charge in [0.15, 0.2) is 18.1 Å². The fraction of sp³-hybridized carbons (Fsp3) is 0.312. The molecule has 7 nitrogen and oxygen atoms in total. The van der Waals surface area contributed by atoms with Crippen molar-refractivity contribution < 1.29 is 29.0 Å². The van der Waals surface area contributed by atoms with Crippen LogP contribution in [0.1, 0.15) is 18.9 Å². The van der Waals surface area contributed by atoms with E-state index in [2.05, 4.69) is 15.9 Å². The maximum Gasteiger partial charge on any atom is 0.341 e. The first-order valence-electron chi connectivity index (χ1n) is 7.34. The van der Waals surface area contributed by atoms with Gasteiger partial charge in [0.05, 0.1) is 12.0 Å². The van der Waals surface area contributed by atoms with Gasteiger partial charge in [-0.3, -0.25) is 14.5 Å². The minimum Gasteiger partial charge on any atom is -0.493 e. The Balaban J connectivity index is 2.32. The Hall–Kier alpha value is -2.00. The third-order valence-corrected chi connectivity index (χ3v) is 4.84. The number of ether oxygens (including phenoxy) is 2. The SMILES string of the molecule is CCCN1C(=O)S/C(=C/c2cc(OC)c(OCC(=O)O)cc2Br)C1=O. The third kappa shape index (κ3) is 4.55. The number of nitrogens with zero attached hydrogens (tertiary/aromatic N) is 1. The minimum absolute atomic E-state index is 0.257. The van der Waals surface area contributed by atoms with E-state index in [1.54, 1.807) is 18.2 Å². The van der Waals surface area contributed by atoms with Crippen LogP contribution in [0, 0.1) is 0 Å². The van der Waals surface area contributed by atoms with Gasteiger partial charge in [0, 0.05) is 11.0 Å². The number of thioether (sulfide) groups is 1. The number of rotatable bonds is 7. The van der Waals surface area contributed by atoms with E-state index in [1.807, 2.05) is 6.92 Å². The Morgan fingerprint density at radius 2 is 2.08 bits per heavy atom. The van der Waals surface area contributed by atoms with Gasteiger partial charge in [-0.15, -0.1) is 0 Å². The molecule has 1 aliphatic heterocycles. The zero-order valence-corrected chi connectivity index (χ0v) is 16.0. The van der Waals surface area contributed by atoms with Gasteiger partial charge in [-0.1, -0.05) is 22.9 Å². The molecule has 1 aromatic carbocycles. The smallest absolute Gasteiger partial charge is 0.341 e. The number of carbonyl (C=O) groups excluding carboxylic acids is 2. The quantitative estimate of drug-likeness (QED) is 0.663. The number of benzene rings is 1. The Bertz CT molecular complexity index is 748. The van der Waals surface area contributed by atoms with E-state index in [1.165, 1.54) is 12.0 Å². The molecule has 9 heteroatoms. The van der Waals surface area contributed by atoms with Crippen LogP contribution in [0.3, 0.4) is 0 Å². The number of halogens is 1. The van der Waals surface area contributed by atoms with Crippen molar-refractivity contribution in [3.8, 4) is 11.5 Å². The molecule has 0 aliphatic carbocycles. The first kappa shape index (κ1) is 19.3. The molecule has 25 heavy (non-hydrogen) atoms. The van der Waals surface area contributed by atoms with E-state index in [0.29, 0.717) is 33.7 Å². The van der Waals surface area contributed by atoms with Crippen LogP contribution in [-0.4, -0.2) is 47.4 Å². The van der Waals surface area contributed by atoms with Crippen LogP contribution in [0.15, 0.2) is 21.5 Å². The van der Waals surface area contributed by atoms with Crippen LogP contribution < -0.4 is 9.47 Å². The lowest BCUT2D eigenvalue weighted by Gasteiger charge is -2.12. The fourth-order valence-corrected chi connectivity index (χ4v) is 3.42. The number of hydrogen-bond donors (Lipinski definition) is 1. The summed E-state index contributed by atoms with van der Waals surface area (Å²) in [5, 5.41) is 8.42. The molecule has 0 saturated carbocycles. The van der Waals surface area contributed by atoms with Crippen LogP contribution in [-0.2, 0) is 9.59 Å². The first-order chi connectivity index (χ1) is 11.9. The number of carboxylic acids is 1. The summed E-state index contributed by atoms with van der Waals surface area (Å²) in [6.07, 6.45) is 2.28. The summed E-state index contributed by atoms with van der Waals surface area (Å²) >= 11 is 4.24. The van der Waals surface area contributed by atoms with E-state index in [9.17, 15) is 14.4 Å². The highest BCUT2D eigenvalue weighted by molar-refractivity contribution is 9.10. The molecular formula is C16H16BrNO6S. The highest BCUT2D eigenvalue weighted by Crippen LogP contribution is 2.38. The second-order valence-electron chi connectivity index (χ2n) is 5.04. The van der Waals surface area contributed by atoms with Crippen LogP contribution in [0.2, 0.25) is 0 Å². The Labute approximate surface area is 157 Å². The molecule has 0 bridgehead atoms. The molecule has 134 valence electrons. The number of carboxylic acid groups (broad SMARTS) is 1. The highest BCUT2D eigenvalue weighted by atomic mass is 79.9. The lowest BCUT2D eigenvalue weighted by molar-refractivity contribution is -0.139. The van der Waals surface area contributed by atoms with Crippen molar-refractivity contribution in [3.63, 3.8) is 0 Å². The number of amides is 2. The van der Waals surface area contributed by atoms with Crippen molar-refractivity contribution >= 4 is 50.9 Å². The monoisotopic (exact) mass is 429 g/mol. The van der Waals surface area contributed by atoms with Gasteiger partial charge in [0.2, 0.25) is 0 Å². The molecule has 1 aromatic rings.